The molecule has 0 heterocycles. The van der Waals surface area contributed by atoms with E-state index in [2.05, 4.69) is 0 Å². The van der Waals surface area contributed by atoms with Gasteiger partial charge >= 0.3 is 0 Å². The van der Waals surface area contributed by atoms with Crippen LogP contribution in [0.2, 0.25) is 0 Å². The van der Waals surface area contributed by atoms with Gasteiger partial charge in [-0.25, -0.2) is 0 Å². The molecule has 0 saturated heterocycles. The van der Waals surface area contributed by atoms with Gasteiger partial charge in [-0.1, -0.05) is 12.8 Å². The van der Waals surface area contributed by atoms with Crippen LogP contribution in [0.15, 0.2) is 0 Å². The van der Waals surface area contributed by atoms with Crippen LogP contribution >= 0.6 is 0 Å². The van der Waals surface area contributed by atoms with E-state index in [1.165, 1.54) is 0 Å². The molecule has 0 aliphatic rings. The summed E-state index contributed by atoms with van der Waals surface area (Å²) in [5, 5.41) is 8.32. The maximum absolute atomic E-state index is 8.32. The van der Waals surface area contributed by atoms with Gasteiger partial charge in [0.25, 0.3) is 0 Å². The van der Waals surface area contributed by atoms with Gasteiger partial charge in [0.05, 0.1) is 0 Å². The fourth-order valence-electron chi connectivity index (χ4n) is 0.551. The van der Waals surface area contributed by atoms with Gasteiger partial charge in [-0.3, -0.25) is 0 Å². The number of hydrogen-bond donors (Lipinski definition) is 2. The molecular weight excluding hydrogens is 102 g/mol. The molecule has 8 heavy (non-hydrogen) atoms. The third kappa shape index (κ3) is 5.92. The molecule has 0 spiro atoms. The Morgan fingerprint density at radius 3 is 2.50 bits per heavy atom. The highest BCUT2D eigenvalue weighted by atomic mass is 16.2. The first kappa shape index (κ1) is 7.92. The predicted molar refractivity (Wildman–Crippen MR) is 34.0 cm³/mol. The molecule has 0 aromatic carbocycles. The SMILES string of the molecule is N[CH]CCCCCO. The normalized spacial score (nSPS) is 9.75. The Morgan fingerprint density at radius 1 is 1.25 bits per heavy atom. The second-order valence-electron chi connectivity index (χ2n) is 1.81. The molecule has 0 aromatic heterocycles. The van der Waals surface area contributed by atoms with Crippen LogP contribution in [0.4, 0.5) is 0 Å². The van der Waals surface area contributed by atoms with E-state index >= 15 is 0 Å². The second-order valence-corrected chi connectivity index (χ2v) is 1.81. The third-order valence-corrected chi connectivity index (χ3v) is 1.03. The van der Waals surface area contributed by atoms with Gasteiger partial charge in [-0.15, -0.1) is 0 Å². The maximum atomic E-state index is 8.32. The molecule has 3 N–H and O–H groups in total. The summed E-state index contributed by atoms with van der Waals surface area (Å²) < 4.78 is 0. The summed E-state index contributed by atoms with van der Waals surface area (Å²) in [5.41, 5.74) is 5.12. The van der Waals surface area contributed by atoms with Crippen molar-refractivity contribution >= 4 is 0 Å². The van der Waals surface area contributed by atoms with Crippen molar-refractivity contribution in [3.05, 3.63) is 6.54 Å². The summed E-state index contributed by atoms with van der Waals surface area (Å²) in [6, 6.07) is 0. The minimum absolute atomic E-state index is 0.310. The van der Waals surface area contributed by atoms with Crippen LogP contribution in [0.1, 0.15) is 25.7 Å². The average Bonchev–Trinajstić information content (AvgIpc) is 1.81. The van der Waals surface area contributed by atoms with E-state index in [9.17, 15) is 0 Å². The zero-order valence-corrected chi connectivity index (χ0v) is 5.14. The number of nitrogens with two attached hydrogens (primary N) is 1. The smallest absolute Gasteiger partial charge is 0.0431 e. The second kappa shape index (κ2) is 6.92. The highest BCUT2D eigenvalue weighted by molar-refractivity contribution is 4.52. The lowest BCUT2D eigenvalue weighted by atomic mass is 10.2. The average molecular weight is 116 g/mol. The topological polar surface area (TPSA) is 46.2 Å². The van der Waals surface area contributed by atoms with E-state index in [4.69, 9.17) is 10.8 Å². The summed E-state index contributed by atoms with van der Waals surface area (Å²) in [6.45, 7) is 1.97. The molecule has 0 atom stereocenters. The molecule has 49 valence electrons. The summed E-state index contributed by atoms with van der Waals surface area (Å²) in [7, 11) is 0. The summed E-state index contributed by atoms with van der Waals surface area (Å²) in [5.74, 6) is 0. The zero-order chi connectivity index (χ0) is 6.24. The molecular formula is C6H14NO. The zero-order valence-electron chi connectivity index (χ0n) is 5.14. The lowest BCUT2D eigenvalue weighted by molar-refractivity contribution is 0.283. The van der Waals surface area contributed by atoms with Crippen molar-refractivity contribution in [2.24, 2.45) is 5.73 Å². The Bertz CT molecular complexity index is 33.5. The summed E-state index contributed by atoms with van der Waals surface area (Å²) >= 11 is 0. The van der Waals surface area contributed by atoms with Crippen LogP contribution in [0.5, 0.6) is 0 Å². The highest BCUT2D eigenvalue weighted by Gasteiger charge is 1.84. The van der Waals surface area contributed by atoms with Gasteiger partial charge in [0, 0.05) is 13.2 Å². The first-order chi connectivity index (χ1) is 3.91. The lowest BCUT2D eigenvalue weighted by Gasteiger charge is -1.93. The van der Waals surface area contributed by atoms with Crippen molar-refractivity contribution in [3.63, 3.8) is 0 Å². The van der Waals surface area contributed by atoms with Crippen LogP contribution in [-0.4, -0.2) is 11.7 Å². The molecule has 1 radical (unpaired) electrons. The molecule has 0 saturated carbocycles. The Balaban J connectivity index is 2.53. The van der Waals surface area contributed by atoms with Crippen molar-refractivity contribution in [2.45, 2.75) is 25.7 Å². The number of unbranched alkanes of at least 4 members (excludes halogenated alkanes) is 3. The monoisotopic (exact) mass is 116 g/mol. The van der Waals surface area contributed by atoms with E-state index in [0.29, 0.717) is 6.61 Å². The van der Waals surface area contributed by atoms with E-state index in [1.807, 2.05) is 0 Å². The Hall–Kier alpha value is -0.0800. The fraction of sp³-hybridized carbons (Fsp3) is 0.833. The number of aliphatic hydroxyl groups is 1. The van der Waals surface area contributed by atoms with Gasteiger partial charge in [0.15, 0.2) is 0 Å². The van der Waals surface area contributed by atoms with Crippen LogP contribution in [0.25, 0.3) is 0 Å². The minimum atomic E-state index is 0.310. The van der Waals surface area contributed by atoms with Gasteiger partial charge in [0.2, 0.25) is 0 Å². The van der Waals surface area contributed by atoms with E-state index < -0.39 is 0 Å². The van der Waals surface area contributed by atoms with Crippen molar-refractivity contribution in [1.82, 2.24) is 0 Å². The molecule has 0 bridgehead atoms. The van der Waals surface area contributed by atoms with Crippen LogP contribution in [-0.2, 0) is 0 Å². The highest BCUT2D eigenvalue weighted by Crippen LogP contribution is 1.97. The first-order valence-corrected chi connectivity index (χ1v) is 3.06. The molecule has 2 nitrogen and oxygen atoms in total. The summed E-state index contributed by atoms with van der Waals surface area (Å²) in [6.07, 6.45) is 4.08. The quantitative estimate of drug-likeness (QED) is 0.518. The molecule has 0 aliphatic heterocycles. The molecule has 0 amide bonds. The Kier molecular flexibility index (Phi) is 6.85. The van der Waals surface area contributed by atoms with Crippen LogP contribution < -0.4 is 5.73 Å². The molecule has 2 heteroatoms. The van der Waals surface area contributed by atoms with Crippen molar-refractivity contribution < 1.29 is 5.11 Å². The van der Waals surface area contributed by atoms with Crippen LogP contribution in [0.3, 0.4) is 0 Å². The first-order valence-electron chi connectivity index (χ1n) is 3.06. The number of hydrogen-bond acceptors (Lipinski definition) is 2. The van der Waals surface area contributed by atoms with E-state index in [1.54, 1.807) is 6.54 Å². The largest absolute Gasteiger partial charge is 0.396 e. The standard InChI is InChI=1S/C6H14NO/c7-5-3-1-2-4-6-8/h5,8H,1-4,6-7H2. The Morgan fingerprint density at radius 2 is 2.00 bits per heavy atom. The molecule has 0 aliphatic carbocycles. The maximum Gasteiger partial charge on any atom is 0.0431 e. The third-order valence-electron chi connectivity index (χ3n) is 1.03. The van der Waals surface area contributed by atoms with Crippen LogP contribution in [0, 0.1) is 6.54 Å². The van der Waals surface area contributed by atoms with Crippen molar-refractivity contribution in [2.75, 3.05) is 6.61 Å². The van der Waals surface area contributed by atoms with Crippen molar-refractivity contribution in [1.29, 1.82) is 0 Å². The van der Waals surface area contributed by atoms with Gasteiger partial charge < -0.3 is 10.8 Å². The number of aliphatic hydroxyl groups excluding tert-OH is 1. The number of rotatable bonds is 5. The molecule has 0 unspecified atom stereocenters. The van der Waals surface area contributed by atoms with E-state index in [-0.39, 0.29) is 0 Å². The molecule has 0 fully saturated rings. The predicted octanol–water partition coefficient (Wildman–Crippen LogP) is 0.660. The van der Waals surface area contributed by atoms with E-state index in [0.717, 1.165) is 25.7 Å². The Labute approximate surface area is 50.7 Å². The van der Waals surface area contributed by atoms with Gasteiger partial charge in [-0.05, 0) is 12.8 Å². The molecule has 0 aromatic rings. The van der Waals surface area contributed by atoms with Gasteiger partial charge in [-0.2, -0.15) is 0 Å². The minimum Gasteiger partial charge on any atom is -0.396 e. The summed E-state index contributed by atoms with van der Waals surface area (Å²) in [4.78, 5) is 0. The fourth-order valence-corrected chi connectivity index (χ4v) is 0.551. The lowest BCUT2D eigenvalue weighted by Crippen LogP contribution is -1.90. The van der Waals surface area contributed by atoms with Gasteiger partial charge in [0.1, 0.15) is 0 Å². The molecule has 0 rings (SSSR count). The van der Waals surface area contributed by atoms with Crippen molar-refractivity contribution in [3.8, 4) is 0 Å².